The molecular weight excluding hydrogens is 144 g/mol. The van der Waals surface area contributed by atoms with E-state index in [1.54, 1.807) is 6.92 Å². The Hall–Kier alpha value is -0.380. The Kier molecular flexibility index (Phi) is 5.11. The highest BCUT2D eigenvalue weighted by Crippen LogP contribution is 2.11. The van der Waals surface area contributed by atoms with Crippen LogP contribution in [-0.4, -0.2) is 22.6 Å². The van der Waals surface area contributed by atoms with Crippen molar-refractivity contribution in [1.29, 1.82) is 0 Å². The number of aliphatic hydroxyl groups is 1. The zero-order valence-corrected chi connectivity index (χ0v) is 7.08. The predicted molar refractivity (Wildman–Crippen MR) is 43.2 cm³/mol. The van der Waals surface area contributed by atoms with Crippen molar-refractivity contribution < 1.29 is 15.3 Å². The molecule has 0 radical (unpaired) electrons. The third-order valence-corrected chi connectivity index (χ3v) is 1.53. The van der Waals surface area contributed by atoms with E-state index in [1.165, 1.54) is 0 Å². The molecule has 0 unspecified atom stereocenters. The minimum absolute atomic E-state index is 0.609. The molecule has 3 heteroatoms. The van der Waals surface area contributed by atoms with Gasteiger partial charge >= 0.3 is 0 Å². The van der Waals surface area contributed by atoms with E-state index in [0.29, 0.717) is 12.0 Å². The summed E-state index contributed by atoms with van der Waals surface area (Å²) in [6.45, 7) is 7.25. The lowest BCUT2D eigenvalue weighted by molar-refractivity contribution is -0.286. The first-order chi connectivity index (χ1) is 5.13. The Balaban J connectivity index is 3.91. The molecule has 0 heterocycles. The van der Waals surface area contributed by atoms with Gasteiger partial charge in [0.15, 0.2) is 0 Å². The first kappa shape index (κ1) is 10.6. The van der Waals surface area contributed by atoms with E-state index in [4.69, 9.17) is 5.26 Å². The quantitative estimate of drug-likeness (QED) is 0.364. The van der Waals surface area contributed by atoms with Crippen LogP contribution in [0.3, 0.4) is 0 Å². The van der Waals surface area contributed by atoms with Gasteiger partial charge in [0.25, 0.3) is 0 Å². The summed E-state index contributed by atoms with van der Waals surface area (Å²) in [4.78, 5) is 4.08. The van der Waals surface area contributed by atoms with Gasteiger partial charge in [-0.2, -0.15) is 0 Å². The fourth-order valence-corrected chi connectivity index (χ4v) is 0.936. The van der Waals surface area contributed by atoms with Crippen LogP contribution in [0.1, 0.15) is 26.7 Å². The molecule has 66 valence electrons. The van der Waals surface area contributed by atoms with E-state index in [0.717, 1.165) is 6.42 Å². The summed E-state index contributed by atoms with van der Waals surface area (Å²) < 4.78 is 0. The Morgan fingerprint density at radius 3 is 2.45 bits per heavy atom. The molecule has 0 bridgehead atoms. The molecule has 0 aromatic rings. The van der Waals surface area contributed by atoms with Crippen molar-refractivity contribution >= 4 is 0 Å². The minimum atomic E-state index is -0.650. The molecule has 0 aliphatic heterocycles. The van der Waals surface area contributed by atoms with Crippen molar-refractivity contribution in [2.75, 3.05) is 0 Å². The van der Waals surface area contributed by atoms with Crippen molar-refractivity contribution in [3.05, 3.63) is 12.2 Å². The minimum Gasteiger partial charge on any atom is -0.390 e. The maximum Gasteiger partial charge on any atom is 0.139 e. The maximum absolute atomic E-state index is 9.33. The molecular formula is C8H16O3. The smallest absolute Gasteiger partial charge is 0.139 e. The van der Waals surface area contributed by atoms with Gasteiger partial charge in [0, 0.05) is 0 Å². The van der Waals surface area contributed by atoms with Crippen LogP contribution in [-0.2, 0) is 4.89 Å². The van der Waals surface area contributed by atoms with Crippen molar-refractivity contribution in [2.45, 2.75) is 38.9 Å². The normalized spacial score (nSPS) is 16.0. The molecule has 0 aromatic carbocycles. The lowest BCUT2D eigenvalue weighted by atomic mass is 10.0. The van der Waals surface area contributed by atoms with E-state index in [-0.39, 0.29) is 0 Å². The number of hydrogen-bond donors (Lipinski definition) is 2. The van der Waals surface area contributed by atoms with E-state index < -0.39 is 12.2 Å². The molecule has 0 fully saturated rings. The molecule has 0 aromatic heterocycles. The van der Waals surface area contributed by atoms with Crippen LogP contribution >= 0.6 is 0 Å². The second-order valence-electron chi connectivity index (χ2n) is 2.73. The zero-order chi connectivity index (χ0) is 8.85. The van der Waals surface area contributed by atoms with Crippen LogP contribution in [0.15, 0.2) is 12.2 Å². The van der Waals surface area contributed by atoms with Crippen molar-refractivity contribution in [3.8, 4) is 0 Å². The number of hydrogen-bond acceptors (Lipinski definition) is 3. The van der Waals surface area contributed by atoms with Crippen molar-refractivity contribution in [2.24, 2.45) is 0 Å². The van der Waals surface area contributed by atoms with Gasteiger partial charge in [0.2, 0.25) is 0 Å². The van der Waals surface area contributed by atoms with Crippen LogP contribution in [0.4, 0.5) is 0 Å². The highest BCUT2D eigenvalue weighted by molar-refractivity contribution is 5.00. The molecule has 2 N–H and O–H groups in total. The zero-order valence-electron chi connectivity index (χ0n) is 7.08. The van der Waals surface area contributed by atoms with Gasteiger partial charge in [0.05, 0.1) is 6.10 Å². The van der Waals surface area contributed by atoms with Gasteiger partial charge in [-0.25, -0.2) is 4.89 Å². The molecule has 0 amide bonds. The predicted octanol–water partition coefficient (Wildman–Crippen LogP) is 1.58. The molecule has 3 nitrogen and oxygen atoms in total. The highest BCUT2D eigenvalue weighted by atomic mass is 17.1. The molecule has 11 heavy (non-hydrogen) atoms. The second kappa shape index (κ2) is 5.29. The van der Waals surface area contributed by atoms with Gasteiger partial charge in [-0.15, -0.1) is 0 Å². The molecule has 0 aliphatic carbocycles. The van der Waals surface area contributed by atoms with Crippen LogP contribution in [0.2, 0.25) is 0 Å². The van der Waals surface area contributed by atoms with E-state index in [2.05, 4.69) is 11.5 Å². The standard InChI is InChI=1S/C8H16O3/c1-4-5-7(9)8(11-10)6(2)3/h7-10H,2,4-5H2,1,3H3/t7-,8+/m1/s1. The average Bonchev–Trinajstić information content (AvgIpc) is 1.88. The van der Waals surface area contributed by atoms with Gasteiger partial charge in [0.1, 0.15) is 6.10 Å². The topological polar surface area (TPSA) is 49.7 Å². The van der Waals surface area contributed by atoms with E-state index in [1.807, 2.05) is 6.92 Å². The largest absolute Gasteiger partial charge is 0.390 e. The number of rotatable bonds is 5. The lowest BCUT2D eigenvalue weighted by Gasteiger charge is -2.18. The Bertz CT molecular complexity index is 123. The molecule has 0 saturated heterocycles. The van der Waals surface area contributed by atoms with Gasteiger partial charge in [-0.1, -0.05) is 19.9 Å². The number of aliphatic hydroxyl groups excluding tert-OH is 1. The third kappa shape index (κ3) is 3.51. The Morgan fingerprint density at radius 2 is 2.18 bits per heavy atom. The summed E-state index contributed by atoms with van der Waals surface area (Å²) in [5.41, 5.74) is 0.633. The van der Waals surface area contributed by atoms with Crippen molar-refractivity contribution in [1.82, 2.24) is 0 Å². The Labute approximate surface area is 67.2 Å². The highest BCUT2D eigenvalue weighted by Gasteiger charge is 2.19. The van der Waals surface area contributed by atoms with E-state index >= 15 is 0 Å². The SMILES string of the molecule is C=C(C)[C@H](OO)[C@H](O)CCC. The lowest BCUT2D eigenvalue weighted by Crippen LogP contribution is -2.28. The van der Waals surface area contributed by atoms with Crippen LogP contribution in [0.5, 0.6) is 0 Å². The van der Waals surface area contributed by atoms with Gasteiger partial charge in [-0.05, 0) is 18.9 Å². The van der Waals surface area contributed by atoms with E-state index in [9.17, 15) is 5.11 Å². The summed E-state index contributed by atoms with van der Waals surface area (Å²) in [6, 6.07) is 0. The summed E-state index contributed by atoms with van der Waals surface area (Å²) in [5, 5.41) is 17.7. The molecule has 2 atom stereocenters. The summed E-state index contributed by atoms with van der Waals surface area (Å²) in [5.74, 6) is 0. The fraction of sp³-hybridized carbons (Fsp3) is 0.750. The van der Waals surface area contributed by atoms with Crippen molar-refractivity contribution in [3.63, 3.8) is 0 Å². The second-order valence-corrected chi connectivity index (χ2v) is 2.73. The summed E-state index contributed by atoms with van der Waals surface area (Å²) in [7, 11) is 0. The Morgan fingerprint density at radius 1 is 1.64 bits per heavy atom. The van der Waals surface area contributed by atoms with Gasteiger partial charge < -0.3 is 5.11 Å². The summed E-state index contributed by atoms with van der Waals surface area (Å²) >= 11 is 0. The van der Waals surface area contributed by atoms with Crippen LogP contribution in [0, 0.1) is 0 Å². The van der Waals surface area contributed by atoms with Crippen LogP contribution < -0.4 is 0 Å². The third-order valence-electron chi connectivity index (χ3n) is 1.53. The molecule has 0 saturated carbocycles. The molecule has 0 aliphatic rings. The average molecular weight is 160 g/mol. The fourth-order valence-electron chi connectivity index (χ4n) is 0.936. The monoisotopic (exact) mass is 160 g/mol. The first-order valence-corrected chi connectivity index (χ1v) is 3.77. The molecule has 0 rings (SSSR count). The van der Waals surface area contributed by atoms with Gasteiger partial charge in [-0.3, -0.25) is 5.26 Å². The maximum atomic E-state index is 9.33. The summed E-state index contributed by atoms with van der Waals surface area (Å²) in [6.07, 6.45) is 0.171. The van der Waals surface area contributed by atoms with Crippen LogP contribution in [0.25, 0.3) is 0 Å². The molecule has 0 spiro atoms. The first-order valence-electron chi connectivity index (χ1n) is 3.77.